The molecule has 1 heterocycles. The Morgan fingerprint density at radius 1 is 1.39 bits per heavy atom. The number of hydrogen-bond donors (Lipinski definition) is 1. The summed E-state index contributed by atoms with van der Waals surface area (Å²) in [5.41, 5.74) is 4.66. The van der Waals surface area contributed by atoms with Gasteiger partial charge in [-0.15, -0.1) is 0 Å². The number of nitriles is 1. The van der Waals surface area contributed by atoms with Crippen LogP contribution in [-0.4, -0.2) is 21.2 Å². The first kappa shape index (κ1) is 16.5. The Morgan fingerprint density at radius 2 is 2.09 bits per heavy atom. The molecule has 23 heavy (non-hydrogen) atoms. The van der Waals surface area contributed by atoms with Gasteiger partial charge in [-0.05, 0) is 38.8 Å². The number of anilines is 1. The van der Waals surface area contributed by atoms with Crippen LogP contribution in [-0.2, 0) is 13.5 Å². The molecule has 0 spiro atoms. The molecule has 0 aliphatic rings. The van der Waals surface area contributed by atoms with Crippen LogP contribution in [0.3, 0.4) is 0 Å². The maximum atomic E-state index is 11.1. The van der Waals surface area contributed by atoms with E-state index in [1.54, 1.807) is 13.0 Å². The van der Waals surface area contributed by atoms with E-state index in [9.17, 15) is 10.1 Å². The maximum absolute atomic E-state index is 11.1. The number of hydrogen-bond acceptors (Lipinski definition) is 5. The zero-order valence-electron chi connectivity index (χ0n) is 13.7. The van der Waals surface area contributed by atoms with Crippen molar-refractivity contribution in [3.63, 3.8) is 0 Å². The summed E-state index contributed by atoms with van der Waals surface area (Å²) in [7, 11) is 1.91. The van der Waals surface area contributed by atoms with Crippen molar-refractivity contribution in [1.82, 2.24) is 9.78 Å². The van der Waals surface area contributed by atoms with Crippen LogP contribution in [0.15, 0.2) is 12.1 Å². The zero-order chi connectivity index (χ0) is 17.1. The summed E-state index contributed by atoms with van der Waals surface area (Å²) in [6.07, 6.45) is 0.759. The molecule has 0 unspecified atom stereocenters. The lowest BCUT2D eigenvalue weighted by atomic mass is 10.1. The van der Waals surface area contributed by atoms with E-state index in [1.165, 1.54) is 11.6 Å². The monoisotopic (exact) mass is 313 g/mol. The summed E-state index contributed by atoms with van der Waals surface area (Å²) in [6.45, 7) is 6.28. The Labute approximate surface area is 134 Å². The number of aromatic nitrogens is 2. The summed E-state index contributed by atoms with van der Waals surface area (Å²) in [6, 6.07) is 4.91. The number of nitrogens with zero attached hydrogens (tertiary/aromatic N) is 4. The molecule has 1 aromatic heterocycles. The number of nitrogens with one attached hydrogen (secondary N) is 1. The lowest BCUT2D eigenvalue weighted by Gasteiger charge is -2.10. The molecular formula is C16H19N5O2. The Hall–Kier alpha value is -2.88. The van der Waals surface area contributed by atoms with E-state index in [-0.39, 0.29) is 11.3 Å². The van der Waals surface area contributed by atoms with Gasteiger partial charge in [-0.2, -0.15) is 10.4 Å². The van der Waals surface area contributed by atoms with Crippen molar-refractivity contribution < 1.29 is 4.92 Å². The van der Waals surface area contributed by atoms with Gasteiger partial charge in [-0.25, -0.2) is 0 Å². The molecule has 1 aromatic carbocycles. The third-order valence-electron chi connectivity index (χ3n) is 4.06. The fourth-order valence-electron chi connectivity index (χ4n) is 2.64. The fourth-order valence-corrected chi connectivity index (χ4v) is 2.64. The highest BCUT2D eigenvalue weighted by Gasteiger charge is 2.16. The van der Waals surface area contributed by atoms with E-state index in [1.807, 2.05) is 31.6 Å². The molecule has 0 amide bonds. The van der Waals surface area contributed by atoms with Crippen LogP contribution >= 0.6 is 0 Å². The molecule has 1 N–H and O–H groups in total. The molecule has 0 radical (unpaired) electrons. The van der Waals surface area contributed by atoms with Gasteiger partial charge in [0.1, 0.15) is 0 Å². The van der Waals surface area contributed by atoms with Gasteiger partial charge < -0.3 is 5.32 Å². The van der Waals surface area contributed by atoms with Crippen LogP contribution in [0.2, 0.25) is 0 Å². The minimum atomic E-state index is -0.462. The summed E-state index contributed by atoms with van der Waals surface area (Å²) < 4.78 is 1.84. The minimum Gasteiger partial charge on any atom is -0.384 e. The van der Waals surface area contributed by atoms with Gasteiger partial charge in [0.2, 0.25) is 0 Å². The molecule has 0 saturated carbocycles. The smallest absolute Gasteiger partial charge is 0.275 e. The standard InChI is InChI=1S/C16H19N5O2/c1-10-15(7-13(9-17)8-16(10)21(22)23)18-6-5-14-11(2)19-20(4)12(14)3/h7-8,18H,5-6H2,1-4H3. The third kappa shape index (κ3) is 3.31. The molecular weight excluding hydrogens is 294 g/mol. The van der Waals surface area contributed by atoms with Crippen LogP contribution in [0.25, 0.3) is 0 Å². The predicted molar refractivity (Wildman–Crippen MR) is 87.4 cm³/mol. The summed E-state index contributed by atoms with van der Waals surface area (Å²) in [5, 5.41) is 27.7. The molecule has 0 aliphatic heterocycles. The highest BCUT2D eigenvalue weighted by atomic mass is 16.6. The number of nitro benzene ring substituents is 1. The quantitative estimate of drug-likeness (QED) is 0.676. The first-order valence-electron chi connectivity index (χ1n) is 7.27. The van der Waals surface area contributed by atoms with E-state index in [2.05, 4.69) is 10.4 Å². The third-order valence-corrected chi connectivity index (χ3v) is 4.06. The normalized spacial score (nSPS) is 10.4. The minimum absolute atomic E-state index is 0.0414. The Kier molecular flexibility index (Phi) is 4.65. The second kappa shape index (κ2) is 6.48. The predicted octanol–water partition coefficient (Wildman–Crippen LogP) is 2.78. The second-order valence-electron chi connectivity index (χ2n) is 5.49. The van der Waals surface area contributed by atoms with Crippen molar-refractivity contribution in [3.8, 4) is 6.07 Å². The SMILES string of the molecule is Cc1nn(C)c(C)c1CCNc1cc(C#N)cc([N+](=O)[O-])c1C. The van der Waals surface area contributed by atoms with Gasteiger partial charge in [0.05, 0.1) is 22.2 Å². The van der Waals surface area contributed by atoms with Gasteiger partial charge in [0.25, 0.3) is 5.69 Å². The molecule has 7 nitrogen and oxygen atoms in total. The highest BCUT2D eigenvalue weighted by Crippen LogP contribution is 2.27. The first-order chi connectivity index (χ1) is 10.8. The average molecular weight is 313 g/mol. The van der Waals surface area contributed by atoms with E-state index in [0.29, 0.717) is 17.8 Å². The van der Waals surface area contributed by atoms with E-state index < -0.39 is 4.92 Å². The molecule has 2 aromatic rings. The maximum Gasteiger partial charge on any atom is 0.275 e. The van der Waals surface area contributed by atoms with Crippen molar-refractivity contribution >= 4 is 11.4 Å². The van der Waals surface area contributed by atoms with Gasteiger partial charge in [-0.1, -0.05) is 0 Å². The Balaban J connectivity index is 2.19. The van der Waals surface area contributed by atoms with Crippen molar-refractivity contribution in [2.24, 2.45) is 7.05 Å². The van der Waals surface area contributed by atoms with Crippen molar-refractivity contribution in [1.29, 1.82) is 5.26 Å². The first-order valence-corrected chi connectivity index (χ1v) is 7.27. The van der Waals surface area contributed by atoms with Crippen molar-refractivity contribution in [2.45, 2.75) is 27.2 Å². The number of nitro groups is 1. The summed E-state index contributed by atoms with van der Waals surface area (Å²) in [5.74, 6) is 0. The molecule has 0 fully saturated rings. The van der Waals surface area contributed by atoms with E-state index in [4.69, 9.17) is 5.26 Å². The molecule has 7 heteroatoms. The highest BCUT2D eigenvalue weighted by molar-refractivity contribution is 5.64. The topological polar surface area (TPSA) is 96.8 Å². The zero-order valence-corrected chi connectivity index (χ0v) is 13.7. The Morgan fingerprint density at radius 3 is 2.61 bits per heavy atom. The van der Waals surface area contributed by atoms with Crippen LogP contribution in [0, 0.1) is 42.2 Å². The van der Waals surface area contributed by atoms with Crippen LogP contribution < -0.4 is 5.32 Å². The number of aryl methyl sites for hydroxylation is 2. The molecule has 0 bridgehead atoms. The summed E-state index contributed by atoms with van der Waals surface area (Å²) in [4.78, 5) is 10.6. The van der Waals surface area contributed by atoms with Gasteiger partial charge >= 0.3 is 0 Å². The molecule has 0 atom stereocenters. The lowest BCUT2D eigenvalue weighted by Crippen LogP contribution is -2.08. The van der Waals surface area contributed by atoms with Crippen LogP contribution in [0.4, 0.5) is 11.4 Å². The van der Waals surface area contributed by atoms with Crippen molar-refractivity contribution in [3.05, 3.63) is 50.3 Å². The average Bonchev–Trinajstić information content (AvgIpc) is 2.74. The molecule has 0 aliphatic carbocycles. The molecule has 2 rings (SSSR count). The summed E-state index contributed by atoms with van der Waals surface area (Å²) >= 11 is 0. The van der Waals surface area contributed by atoms with Gasteiger partial charge in [0, 0.05) is 36.6 Å². The number of benzene rings is 1. The van der Waals surface area contributed by atoms with Crippen LogP contribution in [0.1, 0.15) is 28.1 Å². The van der Waals surface area contributed by atoms with Crippen LogP contribution in [0.5, 0.6) is 0 Å². The van der Waals surface area contributed by atoms with E-state index in [0.717, 1.165) is 17.8 Å². The molecule has 0 saturated heterocycles. The second-order valence-corrected chi connectivity index (χ2v) is 5.49. The van der Waals surface area contributed by atoms with Crippen molar-refractivity contribution in [2.75, 3.05) is 11.9 Å². The Bertz CT molecular complexity index is 802. The lowest BCUT2D eigenvalue weighted by molar-refractivity contribution is -0.385. The largest absolute Gasteiger partial charge is 0.384 e. The number of rotatable bonds is 5. The van der Waals surface area contributed by atoms with Gasteiger partial charge in [-0.3, -0.25) is 14.8 Å². The van der Waals surface area contributed by atoms with E-state index >= 15 is 0 Å². The fraction of sp³-hybridized carbons (Fsp3) is 0.375. The van der Waals surface area contributed by atoms with Gasteiger partial charge in [0.15, 0.2) is 0 Å². The molecule has 120 valence electrons.